The Morgan fingerprint density at radius 3 is 1.28 bits per heavy atom. The molecule has 0 aromatic rings. The molecule has 0 aromatic carbocycles. The van der Waals surface area contributed by atoms with Crippen LogP contribution in [0.4, 0.5) is 22.0 Å². The third-order valence-corrected chi connectivity index (χ3v) is 5.92. The lowest BCUT2D eigenvalue weighted by Crippen LogP contribution is -2.43. The van der Waals surface area contributed by atoms with Gasteiger partial charge in [-0.3, -0.25) is 9.34 Å². The molecule has 0 aliphatic carbocycles. The van der Waals surface area contributed by atoms with Gasteiger partial charge in [0.15, 0.2) is 0 Å². The van der Waals surface area contributed by atoms with Crippen molar-refractivity contribution in [1.29, 1.82) is 0 Å². The van der Waals surface area contributed by atoms with E-state index >= 15 is 0 Å². The lowest BCUT2D eigenvalue weighted by atomic mass is 10.4. The van der Waals surface area contributed by atoms with Crippen molar-refractivity contribution in [3.05, 3.63) is 0 Å². The summed E-state index contributed by atoms with van der Waals surface area (Å²) >= 11 is 0. The van der Waals surface area contributed by atoms with Crippen molar-refractivity contribution in [2.45, 2.75) is 37.5 Å². The summed E-state index contributed by atoms with van der Waals surface area (Å²) in [5.74, 6) is 0. The summed E-state index contributed by atoms with van der Waals surface area (Å²) in [4.78, 5) is 0. The lowest BCUT2D eigenvalue weighted by molar-refractivity contribution is -0.243. The van der Waals surface area contributed by atoms with Gasteiger partial charge in [0.2, 0.25) is 0 Å². The highest BCUT2D eigenvalue weighted by Gasteiger charge is 2.66. The number of hydrogen-bond donors (Lipinski definition) is 0. The second-order valence-electron chi connectivity index (χ2n) is 4.65. The SMILES string of the molecule is FC(F)(F)C(F)(F)P(N1CCCC1)N1CCCC1. The number of halogens is 5. The van der Waals surface area contributed by atoms with Crippen LogP contribution in [0.2, 0.25) is 0 Å². The fourth-order valence-electron chi connectivity index (χ4n) is 2.43. The van der Waals surface area contributed by atoms with Crippen LogP contribution in [0, 0.1) is 0 Å². The first-order valence-electron chi connectivity index (χ1n) is 6.08. The number of nitrogens with zero attached hydrogens (tertiary/aromatic N) is 2. The molecule has 2 fully saturated rings. The number of hydrogen-bond acceptors (Lipinski definition) is 2. The molecular weight excluding hydrogens is 274 g/mol. The Labute approximate surface area is 104 Å². The smallest absolute Gasteiger partial charge is 0.265 e. The number of rotatable bonds is 3. The molecule has 18 heavy (non-hydrogen) atoms. The van der Waals surface area contributed by atoms with E-state index in [9.17, 15) is 22.0 Å². The Kier molecular flexibility index (Phi) is 4.14. The minimum atomic E-state index is -5.45. The molecule has 0 bridgehead atoms. The Bertz CT molecular complexity index is 268. The molecule has 2 nitrogen and oxygen atoms in total. The highest BCUT2D eigenvalue weighted by molar-refractivity contribution is 7.54. The van der Waals surface area contributed by atoms with Crippen molar-refractivity contribution in [2.75, 3.05) is 26.2 Å². The minimum absolute atomic E-state index is 0.355. The first-order chi connectivity index (χ1) is 8.34. The van der Waals surface area contributed by atoms with Gasteiger partial charge in [-0.25, -0.2) is 0 Å². The van der Waals surface area contributed by atoms with Gasteiger partial charge in [-0.1, -0.05) is 0 Å². The summed E-state index contributed by atoms with van der Waals surface area (Å²) in [5, 5.41) is 0. The maximum absolute atomic E-state index is 13.7. The maximum atomic E-state index is 13.7. The molecule has 8 heteroatoms. The van der Waals surface area contributed by atoms with Crippen molar-refractivity contribution < 1.29 is 22.0 Å². The predicted octanol–water partition coefficient (Wildman–Crippen LogP) is 3.65. The van der Waals surface area contributed by atoms with E-state index in [-0.39, 0.29) is 0 Å². The zero-order valence-corrected chi connectivity index (χ0v) is 10.8. The molecule has 2 rings (SSSR count). The van der Waals surface area contributed by atoms with Crippen molar-refractivity contribution in [3.63, 3.8) is 0 Å². The quantitative estimate of drug-likeness (QED) is 0.578. The van der Waals surface area contributed by atoms with Gasteiger partial charge in [0.05, 0.1) is 0 Å². The monoisotopic (exact) mass is 290 g/mol. The third kappa shape index (κ3) is 2.63. The van der Waals surface area contributed by atoms with Gasteiger partial charge < -0.3 is 0 Å². The first kappa shape index (κ1) is 14.4. The van der Waals surface area contributed by atoms with E-state index in [1.165, 1.54) is 9.34 Å². The van der Waals surface area contributed by atoms with Crippen molar-refractivity contribution in [3.8, 4) is 0 Å². The van der Waals surface area contributed by atoms with Crippen LogP contribution in [0.5, 0.6) is 0 Å². The molecule has 0 saturated carbocycles. The molecule has 0 aromatic heterocycles. The van der Waals surface area contributed by atoms with Gasteiger partial charge in [-0.2, -0.15) is 22.0 Å². The highest BCUT2D eigenvalue weighted by atomic mass is 31.1. The molecule has 2 aliphatic heterocycles. The van der Waals surface area contributed by atoms with Gasteiger partial charge in [0.1, 0.15) is 8.22 Å². The van der Waals surface area contributed by atoms with Crippen molar-refractivity contribution in [2.24, 2.45) is 0 Å². The summed E-state index contributed by atoms with van der Waals surface area (Å²) in [6.45, 7) is 1.42. The van der Waals surface area contributed by atoms with Gasteiger partial charge in [0.25, 0.3) is 0 Å². The second kappa shape index (κ2) is 5.17. The van der Waals surface area contributed by atoms with Crippen molar-refractivity contribution >= 4 is 8.22 Å². The topological polar surface area (TPSA) is 6.48 Å². The number of alkyl halides is 5. The molecular formula is C10H16F5N2P. The predicted molar refractivity (Wildman–Crippen MR) is 59.5 cm³/mol. The van der Waals surface area contributed by atoms with E-state index in [1.807, 2.05) is 0 Å². The molecule has 0 N–H and O–H groups in total. The molecule has 106 valence electrons. The highest BCUT2D eigenvalue weighted by Crippen LogP contribution is 2.64. The molecule has 0 spiro atoms. The first-order valence-corrected chi connectivity index (χ1v) is 7.33. The normalized spacial score (nSPS) is 24.3. The minimum Gasteiger partial charge on any atom is -0.265 e. The molecule has 0 radical (unpaired) electrons. The summed E-state index contributed by atoms with van der Waals surface area (Å²) < 4.78 is 68.0. The van der Waals surface area contributed by atoms with Gasteiger partial charge >= 0.3 is 11.8 Å². The van der Waals surface area contributed by atoms with Crippen LogP contribution < -0.4 is 0 Å². The average Bonchev–Trinajstić information content (AvgIpc) is 2.88. The summed E-state index contributed by atoms with van der Waals surface area (Å²) in [5.41, 5.74) is -4.60. The van der Waals surface area contributed by atoms with Crippen LogP contribution in [-0.2, 0) is 0 Å². The van der Waals surface area contributed by atoms with Crippen LogP contribution in [0.1, 0.15) is 25.7 Å². The lowest BCUT2D eigenvalue weighted by Gasteiger charge is -2.39. The molecule has 2 saturated heterocycles. The van der Waals surface area contributed by atoms with E-state index in [0.717, 1.165) is 0 Å². The van der Waals surface area contributed by atoms with E-state index in [1.54, 1.807) is 0 Å². The van der Waals surface area contributed by atoms with E-state index < -0.39 is 20.1 Å². The van der Waals surface area contributed by atoms with Gasteiger partial charge in [-0.05, 0) is 25.7 Å². The standard InChI is InChI=1S/C10H16F5N2P/c11-9(12,13)10(14,15)18(16-5-1-2-6-16)17-7-3-4-8-17/h1-8H2. The van der Waals surface area contributed by atoms with E-state index in [0.29, 0.717) is 51.9 Å². The summed E-state index contributed by atoms with van der Waals surface area (Å²) in [6.07, 6.45) is -2.62. The Balaban J connectivity index is 2.22. The molecule has 2 aliphatic rings. The maximum Gasteiger partial charge on any atom is 0.460 e. The van der Waals surface area contributed by atoms with Gasteiger partial charge in [-0.15, -0.1) is 0 Å². The van der Waals surface area contributed by atoms with Crippen LogP contribution in [0.25, 0.3) is 0 Å². The average molecular weight is 290 g/mol. The van der Waals surface area contributed by atoms with E-state index in [4.69, 9.17) is 0 Å². The zero-order chi connectivity index (χ0) is 13.4. The van der Waals surface area contributed by atoms with Crippen LogP contribution >= 0.6 is 8.22 Å². The molecule has 0 atom stereocenters. The molecule has 0 unspecified atom stereocenters. The van der Waals surface area contributed by atoms with Crippen molar-refractivity contribution in [1.82, 2.24) is 9.34 Å². The Hall–Kier alpha value is -0.0000000000000000416. The summed E-state index contributed by atoms with van der Waals surface area (Å²) in [6, 6.07) is 0. The van der Waals surface area contributed by atoms with Gasteiger partial charge in [0, 0.05) is 26.2 Å². The Morgan fingerprint density at radius 2 is 1.00 bits per heavy atom. The van der Waals surface area contributed by atoms with E-state index in [2.05, 4.69) is 0 Å². The summed E-state index contributed by atoms with van der Waals surface area (Å²) in [7, 11) is -2.59. The van der Waals surface area contributed by atoms with Crippen LogP contribution in [0.3, 0.4) is 0 Å². The molecule has 2 heterocycles. The molecule has 0 amide bonds. The fourth-order valence-corrected chi connectivity index (χ4v) is 5.05. The second-order valence-corrected chi connectivity index (χ2v) is 6.92. The van der Waals surface area contributed by atoms with Crippen LogP contribution in [0.15, 0.2) is 0 Å². The van der Waals surface area contributed by atoms with Crippen LogP contribution in [-0.4, -0.2) is 47.4 Å². The fraction of sp³-hybridized carbons (Fsp3) is 1.00. The third-order valence-electron chi connectivity index (χ3n) is 3.29. The Morgan fingerprint density at radius 1 is 0.667 bits per heavy atom. The largest absolute Gasteiger partial charge is 0.460 e. The zero-order valence-electron chi connectivity index (χ0n) is 9.89.